The number of nitrogens with one attached hydrogen (secondary N) is 2. The van der Waals surface area contributed by atoms with E-state index in [1.54, 1.807) is 24.3 Å². The van der Waals surface area contributed by atoms with E-state index in [0.717, 1.165) is 23.7 Å². The van der Waals surface area contributed by atoms with Gasteiger partial charge in [0.2, 0.25) is 0 Å². The van der Waals surface area contributed by atoms with Crippen LogP contribution < -0.4 is 10.6 Å². The number of amides is 3. The average Bonchev–Trinajstić information content (AvgIpc) is 2.54. The number of rotatable bonds is 4. The molecule has 2 atom stereocenters. The lowest BCUT2D eigenvalue weighted by Crippen LogP contribution is -2.48. The Morgan fingerprint density at radius 2 is 2.00 bits per heavy atom. The van der Waals surface area contributed by atoms with Crippen LogP contribution in [-0.2, 0) is 9.53 Å². The second-order valence-corrected chi connectivity index (χ2v) is 6.89. The lowest BCUT2D eigenvalue weighted by atomic mass is 9.86. The van der Waals surface area contributed by atoms with Crippen LogP contribution in [0.15, 0.2) is 28.7 Å². The molecular weight excluding hydrogens is 376 g/mol. The van der Waals surface area contributed by atoms with Gasteiger partial charge < -0.3 is 10.1 Å². The molecule has 1 aromatic rings. The SMILES string of the molecule is C[C@H]1CCCC[C@H]1NC(=O)NC(=O)COC(=O)c1cccc(Br)c1. The third kappa shape index (κ3) is 5.63. The van der Waals surface area contributed by atoms with Gasteiger partial charge in [0.15, 0.2) is 6.61 Å². The first-order valence-corrected chi connectivity index (χ1v) is 8.78. The summed E-state index contributed by atoms with van der Waals surface area (Å²) in [6.45, 7) is 1.59. The summed E-state index contributed by atoms with van der Waals surface area (Å²) >= 11 is 3.26. The van der Waals surface area contributed by atoms with Crippen molar-refractivity contribution in [3.05, 3.63) is 34.3 Å². The highest BCUT2D eigenvalue weighted by molar-refractivity contribution is 9.10. The normalized spacial score (nSPS) is 20.1. The van der Waals surface area contributed by atoms with Gasteiger partial charge in [-0.25, -0.2) is 9.59 Å². The highest BCUT2D eigenvalue weighted by atomic mass is 79.9. The van der Waals surface area contributed by atoms with Crippen molar-refractivity contribution >= 4 is 33.8 Å². The van der Waals surface area contributed by atoms with Crippen molar-refractivity contribution in [3.8, 4) is 0 Å². The highest BCUT2D eigenvalue weighted by Gasteiger charge is 2.23. The Morgan fingerprint density at radius 3 is 2.71 bits per heavy atom. The molecule has 0 aliphatic heterocycles. The quantitative estimate of drug-likeness (QED) is 0.765. The molecule has 6 nitrogen and oxygen atoms in total. The molecule has 130 valence electrons. The Bertz CT molecular complexity index is 620. The Kier molecular flexibility index (Phi) is 6.78. The van der Waals surface area contributed by atoms with Crippen molar-refractivity contribution in [2.45, 2.75) is 38.6 Å². The van der Waals surface area contributed by atoms with Crippen LogP contribution in [0.2, 0.25) is 0 Å². The van der Waals surface area contributed by atoms with Crippen LogP contribution in [0.5, 0.6) is 0 Å². The first-order valence-electron chi connectivity index (χ1n) is 7.98. The molecule has 7 heteroatoms. The number of imide groups is 1. The van der Waals surface area contributed by atoms with Gasteiger partial charge in [-0.1, -0.05) is 41.8 Å². The van der Waals surface area contributed by atoms with E-state index in [9.17, 15) is 14.4 Å². The zero-order valence-corrected chi connectivity index (χ0v) is 15.1. The van der Waals surface area contributed by atoms with Gasteiger partial charge in [0.25, 0.3) is 5.91 Å². The summed E-state index contributed by atoms with van der Waals surface area (Å²) in [5.41, 5.74) is 0.331. The molecule has 0 radical (unpaired) electrons. The van der Waals surface area contributed by atoms with Gasteiger partial charge in [-0.05, 0) is 37.0 Å². The van der Waals surface area contributed by atoms with Crippen LogP contribution in [0.3, 0.4) is 0 Å². The van der Waals surface area contributed by atoms with Gasteiger partial charge in [0, 0.05) is 10.5 Å². The third-order valence-corrected chi connectivity index (χ3v) is 4.57. The summed E-state index contributed by atoms with van der Waals surface area (Å²) in [5, 5.41) is 5.00. The summed E-state index contributed by atoms with van der Waals surface area (Å²) in [6, 6.07) is 6.19. The maximum atomic E-state index is 11.8. The number of hydrogen-bond acceptors (Lipinski definition) is 4. The van der Waals surface area contributed by atoms with Gasteiger partial charge in [-0.2, -0.15) is 0 Å². The number of hydrogen-bond donors (Lipinski definition) is 2. The van der Waals surface area contributed by atoms with E-state index in [1.165, 1.54) is 6.42 Å². The summed E-state index contributed by atoms with van der Waals surface area (Å²) < 4.78 is 5.64. The number of benzene rings is 1. The molecule has 0 aromatic heterocycles. The first kappa shape index (κ1) is 18.4. The molecule has 0 bridgehead atoms. The Hall–Kier alpha value is -1.89. The van der Waals surface area contributed by atoms with Crippen molar-refractivity contribution in [2.75, 3.05) is 6.61 Å². The lowest BCUT2D eigenvalue weighted by molar-refractivity contribution is -0.123. The molecule has 1 fully saturated rings. The monoisotopic (exact) mass is 396 g/mol. The molecule has 0 heterocycles. The Balaban J connectivity index is 1.74. The molecule has 0 spiro atoms. The Morgan fingerprint density at radius 1 is 1.25 bits per heavy atom. The van der Waals surface area contributed by atoms with Gasteiger partial charge in [-0.15, -0.1) is 0 Å². The van der Waals surface area contributed by atoms with Crippen LogP contribution in [0.4, 0.5) is 4.79 Å². The minimum Gasteiger partial charge on any atom is -0.452 e. The summed E-state index contributed by atoms with van der Waals surface area (Å²) in [7, 11) is 0. The van der Waals surface area contributed by atoms with Crippen molar-refractivity contribution in [1.82, 2.24) is 10.6 Å². The molecule has 2 N–H and O–H groups in total. The smallest absolute Gasteiger partial charge is 0.338 e. The van der Waals surface area contributed by atoms with E-state index < -0.39 is 24.5 Å². The lowest BCUT2D eigenvalue weighted by Gasteiger charge is -2.29. The standard InChI is InChI=1S/C17H21BrN2O4/c1-11-5-2-3-8-14(11)19-17(23)20-15(21)10-24-16(22)12-6-4-7-13(18)9-12/h4,6-7,9,11,14H,2-3,5,8,10H2,1H3,(H2,19,20,21,23)/t11-,14+/m0/s1. The van der Waals surface area contributed by atoms with Crippen LogP contribution >= 0.6 is 15.9 Å². The topological polar surface area (TPSA) is 84.5 Å². The summed E-state index contributed by atoms with van der Waals surface area (Å²) in [6.07, 6.45) is 4.24. The Labute approximate surface area is 149 Å². The zero-order chi connectivity index (χ0) is 17.5. The van der Waals surface area contributed by atoms with Gasteiger partial charge in [0.05, 0.1) is 5.56 Å². The summed E-state index contributed by atoms with van der Waals surface area (Å²) in [5.74, 6) is -0.874. The van der Waals surface area contributed by atoms with Gasteiger partial charge >= 0.3 is 12.0 Å². The fraction of sp³-hybridized carbons (Fsp3) is 0.471. The van der Waals surface area contributed by atoms with Gasteiger partial charge in [0.1, 0.15) is 0 Å². The zero-order valence-electron chi connectivity index (χ0n) is 13.5. The van der Waals surface area contributed by atoms with Crippen molar-refractivity contribution in [1.29, 1.82) is 0 Å². The second-order valence-electron chi connectivity index (χ2n) is 5.98. The molecule has 0 unspecified atom stereocenters. The second kappa shape index (κ2) is 8.82. The van der Waals surface area contributed by atoms with Crippen LogP contribution in [0.1, 0.15) is 43.0 Å². The molecule has 1 aromatic carbocycles. The number of esters is 1. The summed E-state index contributed by atoms with van der Waals surface area (Å²) in [4.78, 5) is 35.4. The van der Waals surface area contributed by atoms with E-state index in [-0.39, 0.29) is 6.04 Å². The van der Waals surface area contributed by atoms with E-state index in [2.05, 4.69) is 33.5 Å². The minimum absolute atomic E-state index is 0.0794. The van der Waals surface area contributed by atoms with E-state index in [4.69, 9.17) is 4.74 Å². The molecule has 3 amide bonds. The van der Waals surface area contributed by atoms with Gasteiger partial charge in [-0.3, -0.25) is 10.1 Å². The van der Waals surface area contributed by atoms with Crippen molar-refractivity contribution in [2.24, 2.45) is 5.92 Å². The molecule has 1 aliphatic carbocycles. The number of halogens is 1. The van der Waals surface area contributed by atoms with Crippen molar-refractivity contribution in [3.63, 3.8) is 0 Å². The number of carbonyl (C=O) groups excluding carboxylic acids is 3. The highest BCUT2D eigenvalue weighted by Crippen LogP contribution is 2.23. The first-order chi connectivity index (χ1) is 11.5. The fourth-order valence-corrected chi connectivity index (χ4v) is 3.13. The predicted octanol–water partition coefficient (Wildman–Crippen LogP) is 3.01. The maximum Gasteiger partial charge on any atom is 0.338 e. The molecule has 1 saturated carbocycles. The maximum absolute atomic E-state index is 11.8. The van der Waals surface area contributed by atoms with Crippen LogP contribution in [-0.4, -0.2) is 30.6 Å². The number of urea groups is 1. The van der Waals surface area contributed by atoms with E-state index in [0.29, 0.717) is 11.5 Å². The van der Waals surface area contributed by atoms with Crippen LogP contribution in [0.25, 0.3) is 0 Å². The van der Waals surface area contributed by atoms with Crippen LogP contribution in [0, 0.1) is 5.92 Å². The predicted molar refractivity (Wildman–Crippen MR) is 92.5 cm³/mol. The third-order valence-electron chi connectivity index (χ3n) is 4.08. The fourth-order valence-electron chi connectivity index (χ4n) is 2.73. The van der Waals surface area contributed by atoms with Crippen molar-refractivity contribution < 1.29 is 19.1 Å². The molecule has 24 heavy (non-hydrogen) atoms. The van der Waals surface area contributed by atoms with E-state index in [1.807, 2.05) is 0 Å². The van der Waals surface area contributed by atoms with E-state index >= 15 is 0 Å². The molecule has 0 saturated heterocycles. The molecular formula is C17H21BrN2O4. The molecule has 1 aliphatic rings. The molecule has 2 rings (SSSR count). The minimum atomic E-state index is -0.653. The number of carbonyl (C=O) groups is 3. The largest absolute Gasteiger partial charge is 0.452 e. The average molecular weight is 397 g/mol. The number of ether oxygens (including phenoxy) is 1.